The second-order valence-corrected chi connectivity index (χ2v) is 6.76. The molecule has 0 bridgehead atoms. The monoisotopic (exact) mass is 367 g/mol. The number of ether oxygens (including phenoxy) is 1. The van der Waals surface area contributed by atoms with Gasteiger partial charge in [0.25, 0.3) is 0 Å². The number of benzene rings is 2. The van der Waals surface area contributed by atoms with Gasteiger partial charge in [0.1, 0.15) is 0 Å². The minimum absolute atomic E-state index is 0.661. The number of aryl methyl sites for hydroxylation is 1. The van der Waals surface area contributed by atoms with Gasteiger partial charge in [0.15, 0.2) is 0 Å². The van der Waals surface area contributed by atoms with Crippen molar-refractivity contribution in [3.05, 3.63) is 75.9 Å². The van der Waals surface area contributed by atoms with Crippen molar-refractivity contribution >= 4 is 32.4 Å². The van der Waals surface area contributed by atoms with Crippen LogP contribution in [0, 0.1) is 0 Å². The average molecular weight is 368 g/mol. The van der Waals surface area contributed by atoms with Crippen molar-refractivity contribution in [2.75, 3.05) is 13.2 Å². The zero-order chi connectivity index (χ0) is 15.8. The van der Waals surface area contributed by atoms with Crippen LogP contribution in [0.5, 0.6) is 0 Å². The molecule has 0 atom stereocenters. The highest BCUT2D eigenvalue weighted by molar-refractivity contribution is 9.10. The summed E-state index contributed by atoms with van der Waals surface area (Å²) in [5, 5.41) is 1.32. The quantitative estimate of drug-likeness (QED) is 0.593. The lowest BCUT2D eigenvalue weighted by Crippen LogP contribution is -2.09. The van der Waals surface area contributed by atoms with Crippen LogP contribution in [0.2, 0.25) is 0 Å². The number of nitrogens with zero attached hydrogens (tertiary/aromatic N) is 1. The van der Waals surface area contributed by atoms with E-state index in [-0.39, 0.29) is 0 Å². The van der Waals surface area contributed by atoms with Crippen LogP contribution in [0.1, 0.15) is 16.8 Å². The number of rotatable bonds is 1. The summed E-state index contributed by atoms with van der Waals surface area (Å²) in [6.45, 7) is 1.43. The number of hydrogen-bond donors (Lipinski definition) is 0. The van der Waals surface area contributed by atoms with Crippen LogP contribution < -0.4 is 0 Å². The predicted octanol–water partition coefficient (Wildman–Crippen LogP) is 4.95. The Morgan fingerprint density at radius 3 is 2.65 bits per heavy atom. The van der Waals surface area contributed by atoms with E-state index < -0.39 is 0 Å². The van der Waals surface area contributed by atoms with Crippen molar-refractivity contribution in [3.8, 4) is 0 Å². The third-order valence-electron chi connectivity index (χ3n) is 4.54. The molecule has 0 radical (unpaired) electrons. The maximum atomic E-state index is 5.76. The molecule has 0 saturated heterocycles. The van der Waals surface area contributed by atoms with E-state index in [9.17, 15) is 0 Å². The van der Waals surface area contributed by atoms with E-state index in [0.29, 0.717) is 6.61 Å². The molecule has 0 saturated carbocycles. The van der Waals surface area contributed by atoms with Gasteiger partial charge in [-0.15, -0.1) is 0 Å². The Morgan fingerprint density at radius 2 is 1.83 bits per heavy atom. The second-order valence-electron chi connectivity index (χ2n) is 5.85. The molecule has 1 aliphatic rings. The normalized spacial score (nSPS) is 17.2. The minimum Gasteiger partial charge on any atom is -0.377 e. The SMILES string of the molecule is Cn1c2c(c3ccccc31)/C(c1ccc(Br)cc1)=C\COCC2. The number of aromatic nitrogens is 1. The van der Waals surface area contributed by atoms with Crippen LogP contribution in [-0.4, -0.2) is 17.8 Å². The van der Waals surface area contributed by atoms with Gasteiger partial charge in [0, 0.05) is 40.1 Å². The molecule has 2 nitrogen and oxygen atoms in total. The van der Waals surface area contributed by atoms with Crippen LogP contribution in [0.25, 0.3) is 16.5 Å². The van der Waals surface area contributed by atoms with Gasteiger partial charge in [-0.3, -0.25) is 0 Å². The molecule has 1 aromatic heterocycles. The fourth-order valence-corrected chi connectivity index (χ4v) is 3.69. The average Bonchev–Trinajstić information content (AvgIpc) is 2.81. The molecule has 3 aromatic rings. The zero-order valence-corrected chi connectivity index (χ0v) is 14.6. The lowest BCUT2D eigenvalue weighted by atomic mass is 9.93. The maximum absolute atomic E-state index is 5.76. The van der Waals surface area contributed by atoms with Gasteiger partial charge in [-0.25, -0.2) is 0 Å². The molecule has 23 heavy (non-hydrogen) atoms. The number of halogens is 1. The molecule has 0 amide bonds. The van der Waals surface area contributed by atoms with Gasteiger partial charge in [-0.1, -0.05) is 52.3 Å². The van der Waals surface area contributed by atoms with E-state index in [1.54, 1.807) is 0 Å². The summed E-state index contributed by atoms with van der Waals surface area (Å²) in [6.07, 6.45) is 3.15. The van der Waals surface area contributed by atoms with Crippen molar-refractivity contribution in [1.82, 2.24) is 4.57 Å². The summed E-state index contributed by atoms with van der Waals surface area (Å²) in [5.74, 6) is 0. The third kappa shape index (κ3) is 2.54. The topological polar surface area (TPSA) is 14.2 Å². The standard InChI is InChI=1S/C20H18BrNO/c1-22-18-5-3-2-4-17(18)20-16(10-12-23-13-11-19(20)22)14-6-8-15(21)9-7-14/h2-10H,11-13H2,1H3/b16-10-. The molecular formula is C20H18BrNO. The second kappa shape index (κ2) is 5.99. The van der Waals surface area contributed by atoms with E-state index in [1.807, 2.05) is 0 Å². The Morgan fingerprint density at radius 1 is 1.04 bits per heavy atom. The number of fused-ring (bicyclic) bond motifs is 3. The molecule has 0 spiro atoms. The first kappa shape index (κ1) is 14.7. The van der Waals surface area contributed by atoms with Gasteiger partial charge in [-0.05, 0) is 29.3 Å². The number of para-hydroxylation sites is 1. The fraction of sp³-hybridized carbons (Fsp3) is 0.200. The summed E-state index contributed by atoms with van der Waals surface area (Å²) in [5.41, 5.74) is 6.48. The van der Waals surface area contributed by atoms with Crippen molar-refractivity contribution in [3.63, 3.8) is 0 Å². The van der Waals surface area contributed by atoms with Crippen LogP contribution in [0.3, 0.4) is 0 Å². The first-order valence-corrected chi connectivity index (χ1v) is 8.65. The highest BCUT2D eigenvalue weighted by Crippen LogP contribution is 2.36. The molecule has 0 unspecified atom stereocenters. The van der Waals surface area contributed by atoms with Crippen LogP contribution >= 0.6 is 15.9 Å². The molecule has 116 valence electrons. The lowest BCUT2D eigenvalue weighted by molar-refractivity contribution is 0.164. The highest BCUT2D eigenvalue weighted by atomic mass is 79.9. The Balaban J connectivity index is 2.01. The summed E-state index contributed by atoms with van der Waals surface area (Å²) in [4.78, 5) is 0. The molecule has 0 N–H and O–H groups in total. The molecule has 4 rings (SSSR count). The molecule has 3 heteroatoms. The Hall–Kier alpha value is -1.84. The molecule has 0 aliphatic carbocycles. The Bertz CT molecular complexity index is 890. The summed E-state index contributed by atoms with van der Waals surface area (Å²) < 4.78 is 9.17. The van der Waals surface area contributed by atoms with E-state index in [1.165, 1.54) is 33.3 Å². The van der Waals surface area contributed by atoms with Crippen LogP contribution in [0.4, 0.5) is 0 Å². The van der Waals surface area contributed by atoms with Crippen LogP contribution in [0.15, 0.2) is 59.1 Å². The molecule has 2 aromatic carbocycles. The van der Waals surface area contributed by atoms with Crippen molar-refractivity contribution in [2.45, 2.75) is 6.42 Å². The summed E-state index contributed by atoms with van der Waals surface area (Å²) in [7, 11) is 2.15. The zero-order valence-electron chi connectivity index (χ0n) is 13.1. The Kier molecular flexibility index (Phi) is 3.83. The van der Waals surface area contributed by atoms with Crippen molar-refractivity contribution < 1.29 is 4.74 Å². The first-order valence-electron chi connectivity index (χ1n) is 7.86. The van der Waals surface area contributed by atoms with Gasteiger partial charge in [-0.2, -0.15) is 0 Å². The Labute approximate surface area is 144 Å². The van der Waals surface area contributed by atoms with E-state index in [4.69, 9.17) is 4.74 Å². The third-order valence-corrected chi connectivity index (χ3v) is 5.07. The first-order chi connectivity index (χ1) is 11.3. The summed E-state index contributed by atoms with van der Waals surface area (Å²) >= 11 is 3.52. The van der Waals surface area contributed by atoms with Gasteiger partial charge >= 0.3 is 0 Å². The van der Waals surface area contributed by atoms with E-state index in [2.05, 4.69) is 82.2 Å². The minimum atomic E-state index is 0.661. The van der Waals surface area contributed by atoms with Gasteiger partial charge in [0.05, 0.1) is 13.2 Å². The van der Waals surface area contributed by atoms with E-state index >= 15 is 0 Å². The molecule has 1 aliphatic heterocycles. The molecule has 2 heterocycles. The largest absolute Gasteiger partial charge is 0.377 e. The van der Waals surface area contributed by atoms with Gasteiger partial charge in [0.2, 0.25) is 0 Å². The van der Waals surface area contributed by atoms with Crippen molar-refractivity contribution in [1.29, 1.82) is 0 Å². The lowest BCUT2D eigenvalue weighted by Gasteiger charge is -2.16. The fourth-order valence-electron chi connectivity index (χ4n) is 3.43. The maximum Gasteiger partial charge on any atom is 0.0656 e. The smallest absolute Gasteiger partial charge is 0.0656 e. The van der Waals surface area contributed by atoms with Gasteiger partial charge < -0.3 is 9.30 Å². The number of hydrogen-bond acceptors (Lipinski definition) is 1. The highest BCUT2D eigenvalue weighted by Gasteiger charge is 2.20. The van der Waals surface area contributed by atoms with E-state index in [0.717, 1.165) is 17.5 Å². The molecule has 0 fully saturated rings. The molecular weight excluding hydrogens is 350 g/mol. The predicted molar refractivity (Wildman–Crippen MR) is 98.7 cm³/mol. The van der Waals surface area contributed by atoms with Crippen molar-refractivity contribution in [2.24, 2.45) is 7.05 Å². The summed E-state index contributed by atoms with van der Waals surface area (Å²) in [6, 6.07) is 17.2. The van der Waals surface area contributed by atoms with Crippen LogP contribution in [-0.2, 0) is 18.2 Å².